The van der Waals surface area contributed by atoms with E-state index in [4.69, 9.17) is 5.11 Å². The van der Waals surface area contributed by atoms with Gasteiger partial charge in [-0.15, -0.1) is 11.8 Å². The highest BCUT2D eigenvalue weighted by atomic mass is 32.2. The van der Waals surface area contributed by atoms with E-state index in [1.165, 1.54) is 10.5 Å². The van der Waals surface area contributed by atoms with E-state index in [2.05, 4.69) is 29.6 Å². The van der Waals surface area contributed by atoms with Crippen molar-refractivity contribution in [3.8, 4) is 0 Å². The number of carboxylic acids is 1. The van der Waals surface area contributed by atoms with Crippen LogP contribution in [0.25, 0.3) is 0 Å². The topological polar surface area (TPSA) is 49.3 Å². The average molecular weight is 251 g/mol. The Morgan fingerprint density at radius 3 is 2.53 bits per heavy atom. The zero-order chi connectivity index (χ0) is 12.4. The van der Waals surface area contributed by atoms with Crippen molar-refractivity contribution in [1.82, 2.24) is 5.32 Å². The molecule has 1 aliphatic carbocycles. The maximum absolute atomic E-state index is 10.9. The predicted molar refractivity (Wildman–Crippen MR) is 69.3 cm³/mol. The molecule has 0 radical (unpaired) electrons. The first kappa shape index (κ1) is 12.5. The van der Waals surface area contributed by atoms with Gasteiger partial charge in [0.1, 0.15) is 0 Å². The van der Waals surface area contributed by atoms with Crippen molar-refractivity contribution in [1.29, 1.82) is 0 Å². The van der Waals surface area contributed by atoms with Crippen molar-refractivity contribution in [3.05, 3.63) is 29.8 Å². The third kappa shape index (κ3) is 2.64. The fourth-order valence-corrected chi connectivity index (χ4v) is 2.71. The molecule has 2 rings (SSSR count). The Morgan fingerprint density at radius 1 is 1.47 bits per heavy atom. The molecular formula is C13H17NO2S. The summed E-state index contributed by atoms with van der Waals surface area (Å²) in [5.74, 6) is -0.610. The zero-order valence-electron chi connectivity index (χ0n) is 10.0. The minimum atomic E-state index is -0.670. The average Bonchev–Trinajstić information content (AvgIpc) is 3.11. The molecule has 1 saturated carbocycles. The lowest BCUT2D eigenvalue weighted by Crippen LogP contribution is -2.20. The van der Waals surface area contributed by atoms with Gasteiger partial charge in [0, 0.05) is 10.9 Å². The monoisotopic (exact) mass is 251 g/mol. The first-order valence-corrected chi connectivity index (χ1v) is 6.94. The van der Waals surface area contributed by atoms with Crippen molar-refractivity contribution in [2.24, 2.45) is 11.8 Å². The maximum Gasteiger partial charge on any atom is 0.306 e. The van der Waals surface area contributed by atoms with Gasteiger partial charge in [0.2, 0.25) is 0 Å². The van der Waals surface area contributed by atoms with Crippen LogP contribution in [-0.4, -0.2) is 24.4 Å². The Morgan fingerprint density at radius 2 is 2.12 bits per heavy atom. The smallest absolute Gasteiger partial charge is 0.306 e. The van der Waals surface area contributed by atoms with Gasteiger partial charge in [-0.1, -0.05) is 12.1 Å². The highest BCUT2D eigenvalue weighted by Gasteiger charge is 2.47. The fraction of sp³-hybridized carbons (Fsp3) is 0.462. The number of aliphatic carboxylic acids is 1. The minimum Gasteiger partial charge on any atom is -0.481 e. The molecule has 17 heavy (non-hydrogen) atoms. The molecule has 3 nitrogen and oxygen atoms in total. The largest absolute Gasteiger partial charge is 0.481 e. The van der Waals surface area contributed by atoms with E-state index < -0.39 is 5.97 Å². The lowest BCUT2D eigenvalue weighted by molar-refractivity contribution is -0.138. The maximum atomic E-state index is 10.9. The molecule has 0 amide bonds. The summed E-state index contributed by atoms with van der Waals surface area (Å²) in [6.45, 7) is 0. The van der Waals surface area contributed by atoms with Crippen molar-refractivity contribution >= 4 is 17.7 Å². The Balaban J connectivity index is 2.10. The molecule has 3 unspecified atom stereocenters. The van der Waals surface area contributed by atoms with Crippen LogP contribution in [-0.2, 0) is 4.79 Å². The van der Waals surface area contributed by atoms with E-state index in [0.29, 0.717) is 0 Å². The van der Waals surface area contributed by atoms with Gasteiger partial charge in [0.25, 0.3) is 0 Å². The summed E-state index contributed by atoms with van der Waals surface area (Å²) in [5, 5.41) is 12.2. The van der Waals surface area contributed by atoms with Gasteiger partial charge in [-0.05, 0) is 43.3 Å². The molecule has 1 aromatic carbocycles. The normalized spacial score (nSPS) is 24.4. The summed E-state index contributed by atoms with van der Waals surface area (Å²) in [5.41, 5.74) is 1.18. The van der Waals surface area contributed by atoms with Crippen LogP contribution in [0.4, 0.5) is 0 Å². The van der Waals surface area contributed by atoms with Crippen LogP contribution in [0.5, 0.6) is 0 Å². The van der Waals surface area contributed by atoms with E-state index in [9.17, 15) is 4.79 Å². The van der Waals surface area contributed by atoms with Gasteiger partial charge in [-0.25, -0.2) is 0 Å². The van der Waals surface area contributed by atoms with E-state index in [1.807, 2.05) is 13.3 Å². The van der Waals surface area contributed by atoms with Gasteiger partial charge in [0.05, 0.1) is 5.92 Å². The molecule has 0 aliphatic heterocycles. The van der Waals surface area contributed by atoms with Gasteiger partial charge in [0.15, 0.2) is 0 Å². The fourth-order valence-electron chi connectivity index (χ4n) is 2.31. The van der Waals surface area contributed by atoms with E-state index in [0.717, 1.165) is 6.42 Å². The van der Waals surface area contributed by atoms with Crippen LogP contribution < -0.4 is 5.32 Å². The summed E-state index contributed by atoms with van der Waals surface area (Å²) in [4.78, 5) is 12.1. The van der Waals surface area contributed by atoms with Crippen molar-refractivity contribution in [3.63, 3.8) is 0 Å². The quantitative estimate of drug-likeness (QED) is 0.789. The lowest BCUT2D eigenvalue weighted by Gasteiger charge is -2.16. The molecule has 0 bridgehead atoms. The number of nitrogens with one attached hydrogen (secondary N) is 1. The van der Waals surface area contributed by atoms with Crippen molar-refractivity contribution < 1.29 is 9.90 Å². The van der Waals surface area contributed by atoms with E-state index >= 15 is 0 Å². The van der Waals surface area contributed by atoms with Crippen LogP contribution in [0, 0.1) is 11.8 Å². The second kappa shape index (κ2) is 5.10. The molecule has 1 fully saturated rings. The van der Waals surface area contributed by atoms with Crippen LogP contribution in [0.3, 0.4) is 0 Å². The second-order valence-corrected chi connectivity index (χ2v) is 5.26. The SMILES string of the molecule is CNC(c1ccc(SC)cc1)C1CC1C(=O)O. The Labute approximate surface area is 106 Å². The van der Waals surface area contributed by atoms with Gasteiger partial charge in [-0.2, -0.15) is 0 Å². The van der Waals surface area contributed by atoms with Gasteiger partial charge < -0.3 is 10.4 Å². The first-order chi connectivity index (χ1) is 8.17. The number of hydrogen-bond acceptors (Lipinski definition) is 3. The highest BCUT2D eigenvalue weighted by Crippen LogP contribution is 2.47. The summed E-state index contributed by atoms with van der Waals surface area (Å²) in [7, 11) is 1.89. The molecule has 4 heteroatoms. The first-order valence-electron chi connectivity index (χ1n) is 5.71. The third-order valence-corrected chi connectivity index (χ3v) is 4.11. The molecule has 92 valence electrons. The molecule has 0 saturated heterocycles. The molecule has 0 spiro atoms. The Bertz CT molecular complexity index is 404. The van der Waals surface area contributed by atoms with Crippen LogP contribution in [0.15, 0.2) is 29.2 Å². The van der Waals surface area contributed by atoms with Crippen LogP contribution in [0.2, 0.25) is 0 Å². The van der Waals surface area contributed by atoms with E-state index in [-0.39, 0.29) is 17.9 Å². The predicted octanol–water partition coefficient (Wildman–Crippen LogP) is 2.39. The molecule has 1 aromatic rings. The molecule has 1 aliphatic rings. The van der Waals surface area contributed by atoms with Crippen LogP contribution in [0.1, 0.15) is 18.0 Å². The van der Waals surface area contributed by atoms with E-state index in [1.54, 1.807) is 11.8 Å². The number of rotatable bonds is 5. The molecular weight excluding hydrogens is 234 g/mol. The number of carbonyl (C=O) groups is 1. The summed E-state index contributed by atoms with van der Waals surface area (Å²) < 4.78 is 0. The summed E-state index contributed by atoms with van der Waals surface area (Å²) in [6, 6.07) is 8.51. The second-order valence-electron chi connectivity index (χ2n) is 4.38. The van der Waals surface area contributed by atoms with Gasteiger partial charge >= 0.3 is 5.97 Å². The number of carboxylic acid groups (broad SMARTS) is 1. The Hall–Kier alpha value is -1.00. The zero-order valence-corrected chi connectivity index (χ0v) is 10.8. The highest BCUT2D eigenvalue weighted by molar-refractivity contribution is 7.98. The third-order valence-electron chi connectivity index (χ3n) is 3.37. The van der Waals surface area contributed by atoms with Crippen LogP contribution >= 0.6 is 11.8 Å². The summed E-state index contributed by atoms with van der Waals surface area (Å²) >= 11 is 1.71. The molecule has 0 aromatic heterocycles. The lowest BCUT2D eigenvalue weighted by atomic mass is 10.0. The molecule has 3 atom stereocenters. The number of benzene rings is 1. The molecule has 2 N–H and O–H groups in total. The molecule has 0 heterocycles. The Kier molecular flexibility index (Phi) is 3.74. The number of hydrogen-bond donors (Lipinski definition) is 2. The van der Waals surface area contributed by atoms with Crippen molar-refractivity contribution in [2.45, 2.75) is 17.4 Å². The number of thioether (sulfide) groups is 1. The van der Waals surface area contributed by atoms with Crippen molar-refractivity contribution in [2.75, 3.05) is 13.3 Å². The standard InChI is InChI=1S/C13H17NO2S/c1-14-12(10-7-11(10)13(15)16)8-3-5-9(17-2)6-4-8/h3-6,10-12,14H,7H2,1-2H3,(H,15,16). The summed E-state index contributed by atoms with van der Waals surface area (Å²) in [6.07, 6.45) is 2.83. The van der Waals surface area contributed by atoms with Gasteiger partial charge in [-0.3, -0.25) is 4.79 Å². The minimum absolute atomic E-state index is 0.159.